The molecule has 2 aliphatic rings. The molecular weight excluding hydrogens is 400 g/mol. The van der Waals surface area contributed by atoms with Crippen LogP contribution < -0.4 is 42.5 Å². The summed E-state index contributed by atoms with van der Waals surface area (Å²) in [6, 6.07) is 2.19. The molecule has 2 aliphatic heterocycles. The maximum atomic E-state index is 3.74. The molecular formula is C24H54N8. The zero-order valence-corrected chi connectivity index (χ0v) is 21.4. The largest absolute Gasteiger partial charge is 0.315 e. The molecule has 0 amide bonds. The van der Waals surface area contributed by atoms with Gasteiger partial charge in [-0.2, -0.15) is 0 Å². The van der Waals surface area contributed by atoms with Crippen molar-refractivity contribution in [3.63, 3.8) is 0 Å². The molecule has 3 unspecified atom stereocenters. The van der Waals surface area contributed by atoms with Crippen LogP contribution in [0, 0.1) is 11.8 Å². The fourth-order valence-corrected chi connectivity index (χ4v) is 4.98. The Balaban J connectivity index is 1.89. The first-order chi connectivity index (χ1) is 15.5. The minimum Gasteiger partial charge on any atom is -0.315 e. The molecule has 0 aromatic rings. The van der Waals surface area contributed by atoms with Crippen LogP contribution in [0.3, 0.4) is 0 Å². The molecule has 190 valence electrons. The van der Waals surface area contributed by atoms with Crippen molar-refractivity contribution < 1.29 is 0 Å². The van der Waals surface area contributed by atoms with Gasteiger partial charge in [0, 0.05) is 76.5 Å². The van der Waals surface area contributed by atoms with Crippen molar-refractivity contribution in [2.75, 3.05) is 78.5 Å². The summed E-state index contributed by atoms with van der Waals surface area (Å²) >= 11 is 0. The van der Waals surface area contributed by atoms with Crippen LogP contribution in [-0.4, -0.2) is 103 Å². The Morgan fingerprint density at radius 3 is 0.875 bits per heavy atom. The van der Waals surface area contributed by atoms with E-state index in [4.69, 9.17) is 0 Å². The molecule has 0 spiro atoms. The minimum atomic E-state index is 0.548. The highest BCUT2D eigenvalue weighted by atomic mass is 15.0. The smallest absolute Gasteiger partial charge is 0.00792 e. The first kappa shape index (κ1) is 27.9. The molecule has 8 nitrogen and oxygen atoms in total. The maximum absolute atomic E-state index is 3.74. The third-order valence-electron chi connectivity index (χ3n) is 6.89. The second-order valence-corrected chi connectivity index (χ2v) is 10.2. The predicted molar refractivity (Wildman–Crippen MR) is 138 cm³/mol. The first-order valence-corrected chi connectivity index (χ1v) is 13.3. The molecule has 32 heavy (non-hydrogen) atoms. The summed E-state index contributed by atoms with van der Waals surface area (Å²) in [4.78, 5) is 0. The van der Waals surface area contributed by atoms with E-state index in [2.05, 4.69) is 70.2 Å². The Kier molecular flexibility index (Phi) is 15.0. The van der Waals surface area contributed by atoms with Gasteiger partial charge in [-0.15, -0.1) is 0 Å². The molecule has 2 heterocycles. The molecule has 2 fully saturated rings. The van der Waals surface area contributed by atoms with E-state index < -0.39 is 0 Å². The van der Waals surface area contributed by atoms with E-state index >= 15 is 0 Å². The van der Waals surface area contributed by atoms with E-state index in [1.807, 2.05) is 0 Å². The molecule has 8 heteroatoms. The van der Waals surface area contributed by atoms with Crippen LogP contribution in [0.25, 0.3) is 0 Å². The lowest BCUT2D eigenvalue weighted by Gasteiger charge is -2.30. The first-order valence-electron chi connectivity index (χ1n) is 13.3. The van der Waals surface area contributed by atoms with Gasteiger partial charge in [-0.3, -0.25) is 0 Å². The fourth-order valence-electron chi connectivity index (χ4n) is 4.98. The molecule has 2 saturated heterocycles. The summed E-state index contributed by atoms with van der Waals surface area (Å²) in [5, 5.41) is 29.6. The van der Waals surface area contributed by atoms with E-state index in [9.17, 15) is 0 Å². The second kappa shape index (κ2) is 17.2. The quantitative estimate of drug-likeness (QED) is 0.264. The normalized spacial score (nSPS) is 37.1. The zero-order chi connectivity index (χ0) is 23.0. The van der Waals surface area contributed by atoms with Gasteiger partial charge in [0.05, 0.1) is 0 Å². The van der Waals surface area contributed by atoms with Gasteiger partial charge in [0.1, 0.15) is 0 Å². The van der Waals surface area contributed by atoms with Gasteiger partial charge < -0.3 is 42.5 Å². The van der Waals surface area contributed by atoms with Crippen LogP contribution in [0.4, 0.5) is 0 Å². The maximum Gasteiger partial charge on any atom is 0.00792 e. The van der Waals surface area contributed by atoms with Gasteiger partial charge in [0.2, 0.25) is 0 Å². The number of hydrogen-bond acceptors (Lipinski definition) is 8. The Labute approximate surface area is 198 Å². The zero-order valence-electron chi connectivity index (χ0n) is 21.4. The van der Waals surface area contributed by atoms with Crippen LogP contribution in [0.2, 0.25) is 0 Å². The summed E-state index contributed by atoms with van der Waals surface area (Å²) in [6.07, 6.45) is 2.34. The summed E-state index contributed by atoms with van der Waals surface area (Å²) in [5.74, 6) is 1.19. The number of nitrogens with one attached hydrogen (secondary N) is 8. The van der Waals surface area contributed by atoms with Crippen molar-refractivity contribution in [2.45, 2.75) is 64.7 Å². The number of hydrogen-bond donors (Lipinski definition) is 8. The average molecular weight is 455 g/mol. The monoisotopic (exact) mass is 454 g/mol. The van der Waals surface area contributed by atoms with Gasteiger partial charge in [0.25, 0.3) is 0 Å². The van der Waals surface area contributed by atoms with Crippen LogP contribution in [0.5, 0.6) is 0 Å². The summed E-state index contributed by atoms with van der Waals surface area (Å²) in [5.41, 5.74) is 0. The lowest BCUT2D eigenvalue weighted by Crippen LogP contribution is -2.48. The summed E-state index contributed by atoms with van der Waals surface area (Å²) in [7, 11) is 0. The van der Waals surface area contributed by atoms with Gasteiger partial charge in [-0.25, -0.2) is 0 Å². The lowest BCUT2D eigenvalue weighted by molar-refractivity contribution is 0.278. The Bertz CT molecular complexity index is 376. The molecule has 6 atom stereocenters. The third-order valence-corrected chi connectivity index (χ3v) is 6.89. The van der Waals surface area contributed by atoms with Gasteiger partial charge in [-0.05, 0) is 78.6 Å². The van der Waals surface area contributed by atoms with Gasteiger partial charge in [-0.1, -0.05) is 0 Å². The average Bonchev–Trinajstić information content (AvgIpc) is 2.74. The molecule has 0 saturated carbocycles. The Hall–Kier alpha value is -0.320. The number of rotatable bonds is 1. The lowest BCUT2D eigenvalue weighted by atomic mass is 9.91. The van der Waals surface area contributed by atoms with Crippen molar-refractivity contribution >= 4 is 0 Å². The van der Waals surface area contributed by atoms with Crippen molar-refractivity contribution in [2.24, 2.45) is 11.8 Å². The standard InChI is InChI=1S/C24H54N8/c1-19-13-20(2)30-10-6-26-16-23(15-25-5-9-29-19)24-17-27-7-11-31-21(3)14-22(4)32-12-8-28-18-24/h19-32H,5-18H2,1-4H3/t19-,20+,21-,22?,23?,24?/m1/s1. The molecule has 0 aromatic heterocycles. The van der Waals surface area contributed by atoms with E-state index in [1.165, 1.54) is 12.8 Å². The van der Waals surface area contributed by atoms with Crippen molar-refractivity contribution in [3.05, 3.63) is 0 Å². The van der Waals surface area contributed by atoms with Crippen molar-refractivity contribution in [3.8, 4) is 0 Å². The van der Waals surface area contributed by atoms with E-state index in [1.54, 1.807) is 0 Å². The molecule has 0 bridgehead atoms. The highest BCUT2D eigenvalue weighted by Gasteiger charge is 2.21. The molecule has 8 N–H and O–H groups in total. The molecule has 0 radical (unpaired) electrons. The molecule has 2 rings (SSSR count). The second-order valence-electron chi connectivity index (χ2n) is 10.2. The van der Waals surface area contributed by atoms with Crippen molar-refractivity contribution in [1.29, 1.82) is 0 Å². The molecule has 0 aromatic carbocycles. The van der Waals surface area contributed by atoms with E-state index in [0.717, 1.165) is 78.5 Å². The van der Waals surface area contributed by atoms with Crippen LogP contribution in [0.1, 0.15) is 40.5 Å². The minimum absolute atomic E-state index is 0.548. The van der Waals surface area contributed by atoms with Crippen LogP contribution >= 0.6 is 0 Å². The fraction of sp³-hybridized carbons (Fsp3) is 1.00. The highest BCUT2D eigenvalue weighted by Crippen LogP contribution is 2.10. The topological polar surface area (TPSA) is 96.2 Å². The SMILES string of the molecule is CC1C[C@@H](C)NCCNCC(C2CNCCN[C@H](C)C[C@H](C)NCCNC2)CNCCN1. The van der Waals surface area contributed by atoms with Crippen molar-refractivity contribution in [1.82, 2.24) is 42.5 Å². The Morgan fingerprint density at radius 2 is 0.625 bits per heavy atom. The predicted octanol–water partition coefficient (Wildman–Crippen LogP) is -0.703. The van der Waals surface area contributed by atoms with Gasteiger partial charge >= 0.3 is 0 Å². The van der Waals surface area contributed by atoms with E-state index in [0.29, 0.717) is 36.0 Å². The summed E-state index contributed by atoms with van der Waals surface area (Å²) < 4.78 is 0. The summed E-state index contributed by atoms with van der Waals surface area (Å²) in [6.45, 7) is 21.7. The van der Waals surface area contributed by atoms with Crippen LogP contribution in [-0.2, 0) is 0 Å². The van der Waals surface area contributed by atoms with Gasteiger partial charge in [0.15, 0.2) is 0 Å². The Morgan fingerprint density at radius 1 is 0.375 bits per heavy atom. The highest BCUT2D eigenvalue weighted by molar-refractivity contribution is 4.81. The van der Waals surface area contributed by atoms with E-state index in [-0.39, 0.29) is 0 Å². The van der Waals surface area contributed by atoms with Crippen LogP contribution in [0.15, 0.2) is 0 Å². The third kappa shape index (κ3) is 12.8. The molecule has 0 aliphatic carbocycles.